The molecule has 2 rings (SSSR count). The van der Waals surface area contributed by atoms with Gasteiger partial charge in [0, 0.05) is 19.4 Å². The van der Waals surface area contributed by atoms with Gasteiger partial charge in [0.25, 0.3) is 0 Å². The number of Topliss-reactive ketones (excluding diaryl/α,β-unsaturated/α-hetero) is 1. The molecule has 2 heteroatoms. The van der Waals surface area contributed by atoms with Crippen LogP contribution in [-0.4, -0.2) is 18.5 Å². The van der Waals surface area contributed by atoms with Crippen LogP contribution in [0.4, 0.5) is 0 Å². The van der Waals surface area contributed by atoms with Crippen LogP contribution in [0.25, 0.3) is 0 Å². The lowest BCUT2D eigenvalue weighted by molar-refractivity contribution is -0.123. The monoisotopic (exact) mass is 168 g/mol. The van der Waals surface area contributed by atoms with Crippen LogP contribution in [0.5, 0.6) is 0 Å². The average molecular weight is 168 g/mol. The van der Waals surface area contributed by atoms with E-state index in [1.807, 2.05) is 0 Å². The van der Waals surface area contributed by atoms with Gasteiger partial charge in [-0.05, 0) is 31.6 Å². The molecule has 0 bridgehead atoms. The summed E-state index contributed by atoms with van der Waals surface area (Å²) < 4.78 is 5.70. The van der Waals surface area contributed by atoms with Gasteiger partial charge in [-0.1, -0.05) is 0 Å². The molecule has 0 aromatic heterocycles. The Morgan fingerprint density at radius 1 is 1.17 bits per heavy atom. The summed E-state index contributed by atoms with van der Waals surface area (Å²) in [5.74, 6) is 1.27. The molecule has 12 heavy (non-hydrogen) atoms. The van der Waals surface area contributed by atoms with Crippen molar-refractivity contribution < 1.29 is 9.53 Å². The first-order valence-corrected chi connectivity index (χ1v) is 4.98. The number of ether oxygens (including phenoxy) is 1. The van der Waals surface area contributed by atoms with Crippen molar-refractivity contribution in [2.75, 3.05) is 6.61 Å². The molecule has 0 radical (unpaired) electrons. The standard InChI is InChI=1S/C10H16O2/c11-9-3-5-10(6-4-9)12-7-8-1-2-8/h8,10H,1-7H2. The minimum Gasteiger partial charge on any atom is -0.378 e. The first-order chi connectivity index (χ1) is 5.84. The number of rotatable bonds is 3. The lowest BCUT2D eigenvalue weighted by Crippen LogP contribution is -2.22. The van der Waals surface area contributed by atoms with Crippen LogP contribution < -0.4 is 0 Å². The molecule has 0 saturated heterocycles. The van der Waals surface area contributed by atoms with E-state index < -0.39 is 0 Å². The third kappa shape index (κ3) is 2.31. The molecular formula is C10H16O2. The molecule has 68 valence electrons. The molecule has 0 amide bonds. The Bertz CT molecular complexity index is 163. The van der Waals surface area contributed by atoms with Crippen molar-refractivity contribution in [3.63, 3.8) is 0 Å². The Morgan fingerprint density at radius 2 is 1.83 bits per heavy atom. The van der Waals surface area contributed by atoms with Gasteiger partial charge in [-0.2, -0.15) is 0 Å². The molecule has 2 nitrogen and oxygen atoms in total. The van der Waals surface area contributed by atoms with Gasteiger partial charge in [-0.25, -0.2) is 0 Å². The second-order valence-electron chi connectivity index (χ2n) is 4.01. The van der Waals surface area contributed by atoms with Crippen LogP contribution in [0.15, 0.2) is 0 Å². The van der Waals surface area contributed by atoms with E-state index in [1.54, 1.807) is 0 Å². The molecule has 0 spiro atoms. The second kappa shape index (κ2) is 3.56. The van der Waals surface area contributed by atoms with Crippen molar-refractivity contribution in [2.24, 2.45) is 5.92 Å². The van der Waals surface area contributed by atoms with Gasteiger partial charge in [0.1, 0.15) is 5.78 Å². The smallest absolute Gasteiger partial charge is 0.133 e. The maximum absolute atomic E-state index is 10.9. The van der Waals surface area contributed by atoms with Gasteiger partial charge < -0.3 is 4.74 Å². The van der Waals surface area contributed by atoms with Crippen molar-refractivity contribution >= 4 is 5.78 Å². The van der Waals surface area contributed by atoms with E-state index >= 15 is 0 Å². The molecular weight excluding hydrogens is 152 g/mol. The summed E-state index contributed by atoms with van der Waals surface area (Å²) in [7, 11) is 0. The largest absolute Gasteiger partial charge is 0.378 e. The Morgan fingerprint density at radius 3 is 2.42 bits per heavy atom. The minimum absolute atomic E-state index is 0.392. The first-order valence-electron chi connectivity index (χ1n) is 4.98. The van der Waals surface area contributed by atoms with E-state index in [1.165, 1.54) is 12.8 Å². The van der Waals surface area contributed by atoms with E-state index in [2.05, 4.69) is 0 Å². The van der Waals surface area contributed by atoms with Crippen molar-refractivity contribution in [3.05, 3.63) is 0 Å². The fourth-order valence-corrected chi connectivity index (χ4v) is 1.64. The fourth-order valence-electron chi connectivity index (χ4n) is 1.64. The molecule has 0 aromatic rings. The summed E-state index contributed by atoms with van der Waals surface area (Å²) in [6, 6.07) is 0. The first kappa shape index (κ1) is 8.24. The minimum atomic E-state index is 0.392. The van der Waals surface area contributed by atoms with Crippen LogP contribution >= 0.6 is 0 Å². The van der Waals surface area contributed by atoms with Crippen LogP contribution in [0, 0.1) is 5.92 Å². The lowest BCUT2D eigenvalue weighted by atomic mass is 9.96. The molecule has 0 atom stereocenters. The summed E-state index contributed by atoms with van der Waals surface area (Å²) in [6.07, 6.45) is 6.52. The number of ketones is 1. The number of hydrogen-bond acceptors (Lipinski definition) is 2. The number of carbonyl (C=O) groups excluding carboxylic acids is 1. The van der Waals surface area contributed by atoms with E-state index in [9.17, 15) is 4.79 Å². The maximum atomic E-state index is 10.9. The van der Waals surface area contributed by atoms with Crippen LogP contribution in [0.2, 0.25) is 0 Å². The van der Waals surface area contributed by atoms with Crippen molar-refractivity contribution in [1.82, 2.24) is 0 Å². The summed E-state index contributed by atoms with van der Waals surface area (Å²) in [5.41, 5.74) is 0. The van der Waals surface area contributed by atoms with E-state index in [0.29, 0.717) is 11.9 Å². The third-order valence-corrected chi connectivity index (χ3v) is 2.75. The van der Waals surface area contributed by atoms with Gasteiger partial charge in [-0.3, -0.25) is 4.79 Å². The number of carbonyl (C=O) groups is 1. The Balaban J connectivity index is 1.63. The zero-order valence-corrected chi connectivity index (χ0v) is 7.42. The highest BCUT2D eigenvalue weighted by Gasteiger charge is 2.25. The summed E-state index contributed by atoms with van der Waals surface area (Å²) in [5, 5.41) is 0. The Hall–Kier alpha value is -0.370. The van der Waals surface area contributed by atoms with Crippen LogP contribution in [0.3, 0.4) is 0 Å². The summed E-state index contributed by atoms with van der Waals surface area (Å²) in [4.78, 5) is 10.9. The second-order valence-corrected chi connectivity index (χ2v) is 4.01. The SMILES string of the molecule is O=C1CCC(OCC2CC2)CC1. The van der Waals surface area contributed by atoms with Crippen LogP contribution in [-0.2, 0) is 9.53 Å². The Kier molecular flexibility index (Phi) is 2.45. The molecule has 0 aliphatic heterocycles. The van der Waals surface area contributed by atoms with Gasteiger partial charge in [0.05, 0.1) is 6.10 Å². The topological polar surface area (TPSA) is 26.3 Å². The predicted octanol–water partition coefficient (Wildman–Crippen LogP) is 1.92. The third-order valence-electron chi connectivity index (χ3n) is 2.75. The fraction of sp³-hybridized carbons (Fsp3) is 0.900. The van der Waals surface area contributed by atoms with Crippen molar-refractivity contribution in [1.29, 1.82) is 0 Å². The molecule has 2 aliphatic carbocycles. The summed E-state index contributed by atoms with van der Waals surface area (Å²) >= 11 is 0. The van der Waals surface area contributed by atoms with Crippen molar-refractivity contribution in [3.8, 4) is 0 Å². The molecule has 0 aromatic carbocycles. The number of hydrogen-bond donors (Lipinski definition) is 0. The van der Waals surface area contributed by atoms with E-state index in [-0.39, 0.29) is 0 Å². The highest BCUT2D eigenvalue weighted by Crippen LogP contribution is 2.30. The van der Waals surface area contributed by atoms with Crippen LogP contribution in [0.1, 0.15) is 38.5 Å². The summed E-state index contributed by atoms with van der Waals surface area (Å²) in [6.45, 7) is 0.943. The van der Waals surface area contributed by atoms with Gasteiger partial charge in [0.15, 0.2) is 0 Å². The predicted molar refractivity (Wildman–Crippen MR) is 45.9 cm³/mol. The molecule has 0 heterocycles. The molecule has 0 unspecified atom stereocenters. The average Bonchev–Trinajstić information content (AvgIpc) is 2.87. The zero-order chi connectivity index (χ0) is 8.39. The highest BCUT2D eigenvalue weighted by molar-refractivity contribution is 5.79. The van der Waals surface area contributed by atoms with Gasteiger partial charge in [0.2, 0.25) is 0 Å². The molecule has 2 saturated carbocycles. The quantitative estimate of drug-likeness (QED) is 0.643. The lowest BCUT2D eigenvalue weighted by Gasteiger charge is -2.21. The van der Waals surface area contributed by atoms with E-state index in [4.69, 9.17) is 4.74 Å². The molecule has 0 N–H and O–H groups in total. The molecule has 2 fully saturated rings. The zero-order valence-electron chi connectivity index (χ0n) is 7.42. The van der Waals surface area contributed by atoms with E-state index in [0.717, 1.165) is 38.2 Å². The van der Waals surface area contributed by atoms with Crippen molar-refractivity contribution in [2.45, 2.75) is 44.6 Å². The maximum Gasteiger partial charge on any atom is 0.133 e. The van der Waals surface area contributed by atoms with Gasteiger partial charge in [-0.15, -0.1) is 0 Å². The molecule has 2 aliphatic rings. The Labute approximate surface area is 73.3 Å². The normalized spacial score (nSPS) is 26.2. The van der Waals surface area contributed by atoms with Gasteiger partial charge >= 0.3 is 0 Å². The highest BCUT2D eigenvalue weighted by atomic mass is 16.5.